The molecule has 4 rings (SSSR count). The van der Waals surface area contributed by atoms with Crippen molar-refractivity contribution < 1.29 is 14.3 Å². The van der Waals surface area contributed by atoms with E-state index in [0.717, 1.165) is 22.3 Å². The average Bonchev–Trinajstić information content (AvgIpc) is 3.03. The number of morpholine rings is 1. The van der Waals surface area contributed by atoms with Crippen molar-refractivity contribution in [1.29, 1.82) is 0 Å². The summed E-state index contributed by atoms with van der Waals surface area (Å²) in [5.41, 5.74) is 1.96. The molecule has 0 spiro atoms. The summed E-state index contributed by atoms with van der Waals surface area (Å²) in [4.78, 5) is 25.1. The summed E-state index contributed by atoms with van der Waals surface area (Å²) < 4.78 is 11.4. The Morgan fingerprint density at radius 2 is 1.93 bits per heavy atom. The van der Waals surface area contributed by atoms with Crippen LogP contribution in [0.1, 0.15) is 34.6 Å². The maximum absolute atomic E-state index is 12.8. The fraction of sp³-hybridized carbons (Fsp3) is 0.409. The van der Waals surface area contributed by atoms with E-state index in [4.69, 9.17) is 21.1 Å². The van der Waals surface area contributed by atoms with Crippen LogP contribution in [0.25, 0.3) is 10.2 Å². The second-order valence-corrected chi connectivity index (χ2v) is 8.92. The summed E-state index contributed by atoms with van der Waals surface area (Å²) in [6, 6.07) is 9.96. The van der Waals surface area contributed by atoms with Gasteiger partial charge in [-0.25, -0.2) is 9.78 Å². The minimum Gasteiger partial charge on any atom is -0.461 e. The first-order valence-corrected chi connectivity index (χ1v) is 11.2. The van der Waals surface area contributed by atoms with Crippen LogP contribution in [0.4, 0.5) is 5.82 Å². The van der Waals surface area contributed by atoms with Gasteiger partial charge in [-0.3, -0.25) is 0 Å². The van der Waals surface area contributed by atoms with Gasteiger partial charge in [0, 0.05) is 19.5 Å². The first kappa shape index (κ1) is 21.0. The Hall–Kier alpha value is -2.22. The number of rotatable bonds is 5. The van der Waals surface area contributed by atoms with E-state index in [-0.39, 0.29) is 23.5 Å². The summed E-state index contributed by atoms with van der Waals surface area (Å²) in [5.74, 6) is 0.418. The van der Waals surface area contributed by atoms with Crippen molar-refractivity contribution in [3.05, 3.63) is 51.6 Å². The zero-order valence-corrected chi connectivity index (χ0v) is 18.8. The largest absolute Gasteiger partial charge is 0.461 e. The maximum atomic E-state index is 12.8. The number of carbonyl (C=O) groups excluding carboxylic acids is 1. The summed E-state index contributed by atoms with van der Waals surface area (Å²) >= 11 is 7.52. The van der Waals surface area contributed by atoms with E-state index in [9.17, 15) is 4.79 Å². The lowest BCUT2D eigenvalue weighted by atomic mass is 10.1. The molecule has 3 aromatic rings. The lowest BCUT2D eigenvalue weighted by molar-refractivity contribution is -0.00538. The van der Waals surface area contributed by atoms with Gasteiger partial charge in [0.15, 0.2) is 0 Å². The van der Waals surface area contributed by atoms with Gasteiger partial charge >= 0.3 is 5.97 Å². The molecule has 1 aliphatic rings. The van der Waals surface area contributed by atoms with Crippen LogP contribution in [0.3, 0.4) is 0 Å². The maximum Gasteiger partial charge on any atom is 0.348 e. The van der Waals surface area contributed by atoms with Crippen LogP contribution < -0.4 is 4.90 Å². The lowest BCUT2D eigenvalue weighted by Gasteiger charge is -2.36. The van der Waals surface area contributed by atoms with Gasteiger partial charge in [0.25, 0.3) is 0 Å². The molecule has 0 amide bonds. The number of carbonyl (C=O) groups is 1. The molecule has 2 aromatic heterocycles. The van der Waals surface area contributed by atoms with E-state index in [1.165, 1.54) is 11.3 Å². The third-order valence-electron chi connectivity index (χ3n) is 5.12. The molecule has 1 fully saturated rings. The highest BCUT2D eigenvalue weighted by Gasteiger charge is 2.28. The second kappa shape index (κ2) is 8.88. The molecular formula is C22H24ClN3O3S. The van der Waals surface area contributed by atoms with Gasteiger partial charge in [-0.2, -0.15) is 4.98 Å². The summed E-state index contributed by atoms with van der Waals surface area (Å²) in [6.07, 6.45) is 0.842. The molecule has 8 heteroatoms. The first-order valence-electron chi connectivity index (χ1n) is 10.0. The molecule has 2 atom stereocenters. The second-order valence-electron chi connectivity index (χ2n) is 7.59. The average molecular weight is 446 g/mol. The van der Waals surface area contributed by atoms with Gasteiger partial charge in [0.2, 0.25) is 5.28 Å². The number of anilines is 1. The fourth-order valence-corrected chi connectivity index (χ4v) is 5.12. The number of esters is 1. The van der Waals surface area contributed by atoms with E-state index < -0.39 is 0 Å². The van der Waals surface area contributed by atoms with Crippen LogP contribution in [0.2, 0.25) is 5.28 Å². The zero-order valence-electron chi connectivity index (χ0n) is 17.2. The lowest BCUT2D eigenvalue weighted by Crippen LogP contribution is -2.46. The molecule has 0 aliphatic carbocycles. The Kier molecular flexibility index (Phi) is 6.22. The van der Waals surface area contributed by atoms with E-state index in [1.807, 2.05) is 51.1 Å². The Morgan fingerprint density at radius 3 is 2.63 bits per heavy atom. The van der Waals surface area contributed by atoms with Crippen molar-refractivity contribution in [2.24, 2.45) is 0 Å². The Labute approximate surface area is 184 Å². The smallest absolute Gasteiger partial charge is 0.348 e. The number of benzene rings is 1. The molecule has 6 nitrogen and oxygen atoms in total. The van der Waals surface area contributed by atoms with Crippen molar-refractivity contribution in [1.82, 2.24) is 9.97 Å². The summed E-state index contributed by atoms with van der Waals surface area (Å²) in [6.45, 7) is 7.74. The third kappa shape index (κ3) is 4.43. The van der Waals surface area contributed by atoms with Crippen molar-refractivity contribution in [2.45, 2.75) is 39.4 Å². The van der Waals surface area contributed by atoms with Crippen molar-refractivity contribution in [3.63, 3.8) is 0 Å². The van der Waals surface area contributed by atoms with Crippen molar-refractivity contribution in [2.75, 3.05) is 24.6 Å². The molecule has 1 aliphatic heterocycles. The summed E-state index contributed by atoms with van der Waals surface area (Å²) in [7, 11) is 0. The Morgan fingerprint density at radius 1 is 1.23 bits per heavy atom. The third-order valence-corrected chi connectivity index (χ3v) is 6.45. The van der Waals surface area contributed by atoms with Crippen LogP contribution in [0.5, 0.6) is 0 Å². The fourth-order valence-electron chi connectivity index (χ4n) is 3.84. The Balaban J connectivity index is 1.59. The molecule has 0 N–H and O–H groups in total. The predicted molar refractivity (Wildman–Crippen MR) is 120 cm³/mol. The van der Waals surface area contributed by atoms with E-state index >= 15 is 0 Å². The minimum atomic E-state index is -0.336. The highest BCUT2D eigenvalue weighted by atomic mass is 35.5. The monoisotopic (exact) mass is 445 g/mol. The number of hydrogen-bond donors (Lipinski definition) is 0. The molecule has 158 valence electrons. The SMILES string of the molecule is Cc1c(C(=O)OCCc2ccccc2)sc2nc(Cl)nc(N3CC(C)OC(C)C3)c12. The van der Waals surface area contributed by atoms with Gasteiger partial charge in [0.1, 0.15) is 15.5 Å². The van der Waals surface area contributed by atoms with Gasteiger partial charge in [0.05, 0.1) is 24.2 Å². The summed E-state index contributed by atoms with van der Waals surface area (Å²) in [5, 5.41) is 1.04. The van der Waals surface area contributed by atoms with E-state index in [0.29, 0.717) is 35.8 Å². The highest BCUT2D eigenvalue weighted by molar-refractivity contribution is 7.20. The highest BCUT2D eigenvalue weighted by Crippen LogP contribution is 2.37. The standard InChI is InChI=1S/C22H24ClN3O3S/c1-13-11-26(12-14(2)29-13)19-17-15(3)18(30-20(17)25-22(23)24-19)21(27)28-10-9-16-7-5-4-6-8-16/h4-8,13-14H,9-12H2,1-3H3. The normalized spacial score (nSPS) is 19.3. The number of aryl methyl sites for hydroxylation is 1. The van der Waals surface area contributed by atoms with Gasteiger partial charge in [-0.1, -0.05) is 30.3 Å². The van der Waals surface area contributed by atoms with Crippen LogP contribution in [-0.2, 0) is 15.9 Å². The van der Waals surface area contributed by atoms with E-state index in [1.54, 1.807) is 0 Å². The molecule has 0 bridgehead atoms. The van der Waals surface area contributed by atoms with Gasteiger partial charge in [-0.05, 0) is 43.5 Å². The molecule has 0 saturated carbocycles. The molecule has 3 heterocycles. The predicted octanol–water partition coefficient (Wildman–Crippen LogP) is 4.67. The van der Waals surface area contributed by atoms with Crippen LogP contribution in [0.15, 0.2) is 30.3 Å². The number of hydrogen-bond acceptors (Lipinski definition) is 7. The number of halogens is 1. The van der Waals surface area contributed by atoms with Crippen LogP contribution in [-0.4, -0.2) is 47.8 Å². The number of fused-ring (bicyclic) bond motifs is 1. The van der Waals surface area contributed by atoms with Gasteiger partial charge in [-0.15, -0.1) is 11.3 Å². The number of aromatic nitrogens is 2. The first-order chi connectivity index (χ1) is 14.4. The molecule has 0 radical (unpaired) electrons. The molecule has 1 aromatic carbocycles. The molecule has 2 unspecified atom stereocenters. The van der Waals surface area contributed by atoms with E-state index in [2.05, 4.69) is 14.9 Å². The minimum absolute atomic E-state index is 0.0823. The van der Waals surface area contributed by atoms with Crippen LogP contribution in [0, 0.1) is 6.92 Å². The molecule has 1 saturated heterocycles. The zero-order chi connectivity index (χ0) is 21.3. The van der Waals surface area contributed by atoms with Gasteiger partial charge < -0.3 is 14.4 Å². The van der Waals surface area contributed by atoms with Crippen molar-refractivity contribution >= 4 is 44.9 Å². The molecular weight excluding hydrogens is 422 g/mol. The topological polar surface area (TPSA) is 64.5 Å². The van der Waals surface area contributed by atoms with Crippen molar-refractivity contribution in [3.8, 4) is 0 Å². The number of nitrogens with zero attached hydrogens (tertiary/aromatic N) is 3. The van der Waals surface area contributed by atoms with Crippen LogP contribution >= 0.6 is 22.9 Å². The molecule has 30 heavy (non-hydrogen) atoms. The quantitative estimate of drug-likeness (QED) is 0.420. The number of ether oxygens (including phenoxy) is 2. The Bertz CT molecular complexity index is 1050. The number of thiophene rings is 1.